The lowest BCUT2D eigenvalue weighted by Gasteiger charge is -2.18. The Morgan fingerprint density at radius 2 is 1.77 bits per heavy atom. The van der Waals surface area contributed by atoms with E-state index in [1.807, 2.05) is 13.8 Å². The molecule has 0 spiro atoms. The average Bonchev–Trinajstić information content (AvgIpc) is 2.99. The van der Waals surface area contributed by atoms with E-state index in [0.717, 1.165) is 6.54 Å². The third-order valence-corrected chi connectivity index (χ3v) is 4.85. The van der Waals surface area contributed by atoms with Crippen LogP contribution in [0.15, 0.2) is 54.7 Å². The molecule has 0 bridgehead atoms. The van der Waals surface area contributed by atoms with Crippen LogP contribution in [0.5, 0.6) is 0 Å². The molecule has 26 heavy (non-hydrogen) atoms. The number of para-hydroxylation sites is 1. The van der Waals surface area contributed by atoms with Gasteiger partial charge in [0, 0.05) is 42.0 Å². The zero-order valence-corrected chi connectivity index (χ0v) is 16.1. The van der Waals surface area contributed by atoms with Crippen molar-refractivity contribution in [1.82, 2.24) is 9.88 Å². The Balaban J connectivity index is 2.08. The second-order valence-corrected chi connectivity index (χ2v) is 7.28. The summed E-state index contributed by atoms with van der Waals surface area (Å²) in [5.74, 6) is 0.144. The van der Waals surface area contributed by atoms with E-state index in [1.54, 1.807) is 0 Å². The first-order valence-corrected chi connectivity index (χ1v) is 9.43. The van der Waals surface area contributed by atoms with Crippen LogP contribution in [-0.2, 0) is 11.3 Å². The Morgan fingerprint density at radius 1 is 1.08 bits per heavy atom. The number of rotatable bonds is 6. The molecule has 1 amide bonds. The van der Waals surface area contributed by atoms with Gasteiger partial charge in [0.15, 0.2) is 0 Å². The minimum Gasteiger partial charge on any atom is -0.354 e. The van der Waals surface area contributed by atoms with Crippen LogP contribution in [0.2, 0.25) is 0 Å². The molecule has 0 radical (unpaired) electrons. The molecule has 0 unspecified atom stereocenters. The van der Waals surface area contributed by atoms with Crippen LogP contribution in [0.3, 0.4) is 0 Å². The number of nitrogens with zero attached hydrogens (tertiary/aromatic N) is 1. The molecule has 1 N–H and O–H groups in total. The first kappa shape index (κ1) is 18.2. The van der Waals surface area contributed by atoms with Gasteiger partial charge in [-0.3, -0.25) is 4.79 Å². The molecule has 0 aliphatic carbocycles. The van der Waals surface area contributed by atoms with Gasteiger partial charge >= 0.3 is 0 Å². The van der Waals surface area contributed by atoms with E-state index >= 15 is 0 Å². The quantitative estimate of drug-likeness (QED) is 0.667. The monoisotopic (exact) mass is 348 g/mol. The summed E-state index contributed by atoms with van der Waals surface area (Å²) in [4.78, 5) is 12.6. The molecule has 0 fully saturated rings. The summed E-state index contributed by atoms with van der Waals surface area (Å²) >= 11 is 0. The van der Waals surface area contributed by atoms with E-state index in [0.29, 0.717) is 6.42 Å². The summed E-state index contributed by atoms with van der Waals surface area (Å²) in [5.41, 5.74) is 4.88. The summed E-state index contributed by atoms with van der Waals surface area (Å²) in [6, 6.07) is 17.2. The molecular formula is C23H28N2O. The molecule has 1 aromatic heterocycles. The maximum absolute atomic E-state index is 12.6. The second-order valence-electron chi connectivity index (χ2n) is 7.28. The molecule has 2 aromatic carbocycles. The van der Waals surface area contributed by atoms with E-state index in [4.69, 9.17) is 0 Å². The molecule has 0 aliphatic rings. The van der Waals surface area contributed by atoms with Crippen molar-refractivity contribution < 1.29 is 4.79 Å². The van der Waals surface area contributed by atoms with Crippen molar-refractivity contribution in [2.45, 2.75) is 52.6 Å². The van der Waals surface area contributed by atoms with Crippen LogP contribution < -0.4 is 5.32 Å². The van der Waals surface area contributed by atoms with Crippen molar-refractivity contribution in [2.75, 3.05) is 0 Å². The lowest BCUT2D eigenvalue weighted by molar-refractivity contribution is -0.121. The third-order valence-electron chi connectivity index (χ3n) is 4.85. The number of hydrogen-bond donors (Lipinski definition) is 1. The fraction of sp³-hybridized carbons (Fsp3) is 0.348. The Labute approximate surface area is 156 Å². The number of aryl methyl sites for hydroxylation is 2. The van der Waals surface area contributed by atoms with Crippen LogP contribution in [0.1, 0.15) is 49.8 Å². The van der Waals surface area contributed by atoms with Crippen LogP contribution >= 0.6 is 0 Å². The Bertz CT molecular complexity index is 890. The third kappa shape index (κ3) is 3.82. The fourth-order valence-corrected chi connectivity index (χ4v) is 3.59. The first-order valence-electron chi connectivity index (χ1n) is 9.43. The number of carbonyl (C=O) groups is 1. The fourth-order valence-electron chi connectivity index (χ4n) is 3.59. The summed E-state index contributed by atoms with van der Waals surface area (Å²) in [7, 11) is 0. The molecule has 0 saturated carbocycles. The Kier molecular flexibility index (Phi) is 5.46. The zero-order chi connectivity index (χ0) is 18.7. The van der Waals surface area contributed by atoms with Gasteiger partial charge in [0.25, 0.3) is 0 Å². The minimum atomic E-state index is 0.0482. The number of hydrogen-bond acceptors (Lipinski definition) is 1. The highest BCUT2D eigenvalue weighted by Gasteiger charge is 2.22. The predicted octanol–water partition coefficient (Wildman–Crippen LogP) is 5.02. The maximum atomic E-state index is 12.6. The van der Waals surface area contributed by atoms with E-state index in [2.05, 4.69) is 78.5 Å². The van der Waals surface area contributed by atoms with E-state index in [9.17, 15) is 4.79 Å². The SMILES string of the molecule is CCn1cc([C@@H](CC(=O)NC(C)C)c2ccc(C)cc2)c2ccccc21. The topological polar surface area (TPSA) is 34.0 Å². The summed E-state index contributed by atoms with van der Waals surface area (Å²) in [6.07, 6.45) is 2.68. The van der Waals surface area contributed by atoms with Crippen molar-refractivity contribution in [3.8, 4) is 0 Å². The number of fused-ring (bicyclic) bond motifs is 1. The smallest absolute Gasteiger partial charge is 0.221 e. The number of aromatic nitrogens is 1. The van der Waals surface area contributed by atoms with Crippen LogP contribution in [0.25, 0.3) is 10.9 Å². The Hall–Kier alpha value is -2.55. The first-order chi connectivity index (χ1) is 12.5. The van der Waals surface area contributed by atoms with Crippen molar-refractivity contribution >= 4 is 16.8 Å². The molecule has 3 aromatic rings. The van der Waals surface area contributed by atoms with Gasteiger partial charge in [0.05, 0.1) is 0 Å². The van der Waals surface area contributed by atoms with Gasteiger partial charge < -0.3 is 9.88 Å². The number of nitrogens with one attached hydrogen (secondary N) is 1. The molecule has 3 rings (SSSR count). The molecular weight excluding hydrogens is 320 g/mol. The minimum absolute atomic E-state index is 0.0482. The van der Waals surface area contributed by atoms with E-state index < -0.39 is 0 Å². The van der Waals surface area contributed by atoms with Crippen LogP contribution in [0.4, 0.5) is 0 Å². The van der Waals surface area contributed by atoms with Crippen molar-refractivity contribution in [1.29, 1.82) is 0 Å². The van der Waals surface area contributed by atoms with Gasteiger partial charge in [-0.15, -0.1) is 0 Å². The normalized spacial score (nSPS) is 12.5. The molecule has 136 valence electrons. The molecule has 0 aliphatic heterocycles. The molecule has 3 nitrogen and oxygen atoms in total. The van der Waals surface area contributed by atoms with Gasteiger partial charge in [-0.2, -0.15) is 0 Å². The average molecular weight is 348 g/mol. The second kappa shape index (κ2) is 7.77. The van der Waals surface area contributed by atoms with E-state index in [1.165, 1.54) is 27.6 Å². The standard InChI is InChI=1S/C23H28N2O/c1-5-25-15-21(19-8-6-7-9-22(19)25)20(14-23(26)24-16(2)3)18-12-10-17(4)11-13-18/h6-13,15-16,20H,5,14H2,1-4H3,(H,24,26)/t20-/m0/s1. The van der Waals surface area contributed by atoms with Crippen LogP contribution in [-0.4, -0.2) is 16.5 Å². The van der Waals surface area contributed by atoms with Crippen molar-refractivity contribution in [2.24, 2.45) is 0 Å². The van der Waals surface area contributed by atoms with Crippen molar-refractivity contribution in [3.63, 3.8) is 0 Å². The summed E-state index contributed by atoms with van der Waals surface area (Å²) in [6.45, 7) is 9.17. The van der Waals surface area contributed by atoms with Gasteiger partial charge in [0.2, 0.25) is 5.91 Å². The number of amides is 1. The lowest BCUT2D eigenvalue weighted by Crippen LogP contribution is -2.31. The van der Waals surface area contributed by atoms with E-state index in [-0.39, 0.29) is 17.9 Å². The molecule has 3 heteroatoms. The van der Waals surface area contributed by atoms with Gasteiger partial charge in [0.1, 0.15) is 0 Å². The van der Waals surface area contributed by atoms with Crippen LogP contribution in [0, 0.1) is 6.92 Å². The van der Waals surface area contributed by atoms with Gasteiger partial charge in [-0.05, 0) is 44.9 Å². The molecule has 1 heterocycles. The predicted molar refractivity (Wildman–Crippen MR) is 109 cm³/mol. The highest BCUT2D eigenvalue weighted by Crippen LogP contribution is 2.35. The zero-order valence-electron chi connectivity index (χ0n) is 16.1. The largest absolute Gasteiger partial charge is 0.354 e. The number of carbonyl (C=O) groups excluding carboxylic acids is 1. The molecule has 1 atom stereocenters. The van der Waals surface area contributed by atoms with Crippen molar-refractivity contribution in [3.05, 3.63) is 71.4 Å². The highest BCUT2D eigenvalue weighted by molar-refractivity contribution is 5.86. The van der Waals surface area contributed by atoms with Gasteiger partial charge in [-0.1, -0.05) is 48.0 Å². The summed E-state index contributed by atoms with van der Waals surface area (Å²) < 4.78 is 2.27. The Morgan fingerprint density at radius 3 is 2.42 bits per heavy atom. The summed E-state index contributed by atoms with van der Waals surface area (Å²) in [5, 5.41) is 4.28. The lowest BCUT2D eigenvalue weighted by atomic mass is 9.87. The molecule has 0 saturated heterocycles. The highest BCUT2D eigenvalue weighted by atomic mass is 16.1. The number of benzene rings is 2. The maximum Gasteiger partial charge on any atom is 0.221 e. The van der Waals surface area contributed by atoms with Gasteiger partial charge in [-0.25, -0.2) is 0 Å².